The Hall–Kier alpha value is -2.15. The Labute approximate surface area is 196 Å². The monoisotopic (exact) mass is 497 g/mol. The third-order valence-electron chi connectivity index (χ3n) is 4.09. The number of aliphatic hydroxyl groups excluding tert-OH is 1. The number of thiocarbonyl (C=S) groups is 2. The summed E-state index contributed by atoms with van der Waals surface area (Å²) in [5.74, 6) is -1.55. The predicted molar refractivity (Wildman–Crippen MR) is 123 cm³/mol. The van der Waals surface area contributed by atoms with Gasteiger partial charge in [0.1, 0.15) is 29.9 Å². The molecule has 0 spiro atoms. The minimum atomic E-state index is -1.66. The van der Waals surface area contributed by atoms with E-state index in [2.05, 4.69) is 28.0 Å². The molecule has 4 N–H and O–H groups in total. The molecule has 0 fully saturated rings. The number of benzene rings is 1. The van der Waals surface area contributed by atoms with Gasteiger partial charge in [0.2, 0.25) is 0 Å². The number of nitrogens with two attached hydrogens (primary N) is 1. The van der Waals surface area contributed by atoms with Crippen molar-refractivity contribution in [2.45, 2.75) is 32.4 Å². The predicted octanol–water partition coefficient (Wildman–Crippen LogP) is 2.69. The number of aromatic nitrogens is 3. The molecular formula is C18H26ClF2N5O3S2. The van der Waals surface area contributed by atoms with Crippen molar-refractivity contribution >= 4 is 47.2 Å². The summed E-state index contributed by atoms with van der Waals surface area (Å²) in [7, 11) is 0. The quantitative estimate of drug-likeness (QED) is 0.474. The Morgan fingerprint density at radius 1 is 1.29 bits per heavy atom. The maximum Gasteiger partial charge on any atom is 0.259 e. The van der Waals surface area contributed by atoms with Crippen molar-refractivity contribution < 1.29 is 23.7 Å². The summed E-state index contributed by atoms with van der Waals surface area (Å²) in [5, 5.41) is 22.4. The molecule has 0 aliphatic heterocycles. The Balaban J connectivity index is 0.00000165. The van der Waals surface area contributed by atoms with Gasteiger partial charge in [0, 0.05) is 31.1 Å². The molecule has 0 saturated heterocycles. The molecule has 1 heterocycles. The van der Waals surface area contributed by atoms with Gasteiger partial charge >= 0.3 is 0 Å². The van der Waals surface area contributed by atoms with Crippen molar-refractivity contribution in [3.63, 3.8) is 0 Å². The Kier molecular flexibility index (Phi) is 13.0. The van der Waals surface area contributed by atoms with Crippen LogP contribution >= 0.6 is 36.8 Å². The fourth-order valence-corrected chi connectivity index (χ4v) is 2.97. The standard InChI is InChI=1S/C17H22F2N4O2S.CH3NOS.ClH/c1-3-22(4-2)16(26)25-8-7-17(24,10-23-12-20-11-21-23)14-6-5-13(18)9-15(14)19;2-1(3)4;/h5-6,9,11-12,24H,3-4,7-8,10H2,1-2H3;(H3,2,3,4);1H/t17-;;/m0../s1. The van der Waals surface area contributed by atoms with Gasteiger partial charge in [-0.1, -0.05) is 6.07 Å². The molecule has 2 rings (SSSR count). The Morgan fingerprint density at radius 2 is 1.90 bits per heavy atom. The normalized spacial score (nSPS) is 11.9. The second-order valence-electron chi connectivity index (χ2n) is 6.12. The van der Waals surface area contributed by atoms with Crippen molar-refractivity contribution in [2.24, 2.45) is 5.73 Å². The first kappa shape index (κ1) is 28.9. The molecule has 0 bridgehead atoms. The third kappa shape index (κ3) is 9.68. The van der Waals surface area contributed by atoms with Gasteiger partial charge in [-0.2, -0.15) is 5.10 Å². The summed E-state index contributed by atoms with van der Waals surface area (Å²) in [6.07, 6.45) is 2.76. The number of nitrogens with zero attached hydrogens (tertiary/aromatic N) is 4. The average molecular weight is 498 g/mol. The highest BCUT2D eigenvalue weighted by Crippen LogP contribution is 2.30. The van der Waals surface area contributed by atoms with Gasteiger partial charge in [-0.3, -0.25) is 0 Å². The molecule has 0 aliphatic carbocycles. The fraction of sp³-hybridized carbons (Fsp3) is 0.444. The largest absolute Gasteiger partial charge is 0.487 e. The molecule has 1 aromatic carbocycles. The van der Waals surface area contributed by atoms with E-state index in [-0.39, 0.29) is 37.5 Å². The van der Waals surface area contributed by atoms with Crippen molar-refractivity contribution in [2.75, 3.05) is 19.7 Å². The maximum atomic E-state index is 14.3. The lowest BCUT2D eigenvalue weighted by atomic mass is 9.90. The third-order valence-corrected chi connectivity index (χ3v) is 4.46. The Morgan fingerprint density at radius 3 is 2.39 bits per heavy atom. The highest BCUT2D eigenvalue weighted by atomic mass is 35.5. The molecular weight excluding hydrogens is 472 g/mol. The molecule has 0 aliphatic rings. The van der Waals surface area contributed by atoms with E-state index in [0.29, 0.717) is 18.3 Å². The van der Waals surface area contributed by atoms with E-state index >= 15 is 0 Å². The zero-order valence-corrected chi connectivity index (χ0v) is 19.5. The van der Waals surface area contributed by atoms with E-state index in [1.165, 1.54) is 23.4 Å². The average Bonchev–Trinajstić information content (AvgIpc) is 3.14. The lowest BCUT2D eigenvalue weighted by Crippen LogP contribution is -2.36. The van der Waals surface area contributed by atoms with Gasteiger partial charge in [0.05, 0.1) is 13.2 Å². The van der Waals surface area contributed by atoms with Crippen LogP contribution in [0.3, 0.4) is 0 Å². The van der Waals surface area contributed by atoms with E-state index in [1.807, 2.05) is 18.7 Å². The zero-order chi connectivity index (χ0) is 22.7. The molecule has 13 heteroatoms. The van der Waals surface area contributed by atoms with Gasteiger partial charge in [0.25, 0.3) is 10.3 Å². The topological polar surface area (TPSA) is 110 Å². The number of rotatable bonds is 8. The van der Waals surface area contributed by atoms with E-state index < -0.39 is 22.4 Å². The van der Waals surface area contributed by atoms with E-state index in [0.717, 1.165) is 12.1 Å². The molecule has 0 radical (unpaired) electrons. The van der Waals surface area contributed by atoms with Gasteiger partial charge in [0.15, 0.2) is 0 Å². The lowest BCUT2D eigenvalue weighted by molar-refractivity contribution is -0.0102. The SMILES string of the molecule is CCN(CC)C(=S)OCC[C@](O)(Cn1cncn1)c1ccc(F)cc1F.Cl.NC(O)=S. The summed E-state index contributed by atoms with van der Waals surface area (Å²) in [6.45, 7) is 5.31. The van der Waals surface area contributed by atoms with Crippen LogP contribution in [0.15, 0.2) is 30.9 Å². The van der Waals surface area contributed by atoms with Gasteiger partial charge in [-0.05, 0) is 44.3 Å². The van der Waals surface area contributed by atoms with Crippen LogP contribution in [0.5, 0.6) is 0 Å². The highest BCUT2D eigenvalue weighted by molar-refractivity contribution is 7.80. The van der Waals surface area contributed by atoms with Gasteiger partial charge < -0.3 is 25.6 Å². The van der Waals surface area contributed by atoms with Crippen LogP contribution < -0.4 is 5.73 Å². The first-order valence-corrected chi connectivity index (χ1v) is 9.85. The molecule has 2 aromatic rings. The van der Waals surface area contributed by atoms with E-state index in [4.69, 9.17) is 22.1 Å². The number of halogens is 3. The first-order valence-electron chi connectivity index (χ1n) is 9.03. The number of hydrogen-bond donors (Lipinski definition) is 3. The van der Waals surface area contributed by atoms with Gasteiger partial charge in [-0.25, -0.2) is 18.4 Å². The van der Waals surface area contributed by atoms with Crippen LogP contribution in [0.25, 0.3) is 0 Å². The maximum absolute atomic E-state index is 14.3. The van der Waals surface area contributed by atoms with Crippen molar-refractivity contribution in [3.05, 3.63) is 48.1 Å². The lowest BCUT2D eigenvalue weighted by Gasteiger charge is -2.29. The molecule has 31 heavy (non-hydrogen) atoms. The molecule has 1 aromatic heterocycles. The molecule has 174 valence electrons. The van der Waals surface area contributed by atoms with E-state index in [9.17, 15) is 13.9 Å². The molecule has 1 atom stereocenters. The number of hydrogen-bond acceptors (Lipinski definition) is 6. The fourth-order valence-electron chi connectivity index (χ4n) is 2.63. The van der Waals surface area contributed by atoms with Crippen LogP contribution in [0.4, 0.5) is 8.78 Å². The van der Waals surface area contributed by atoms with Crippen LogP contribution in [0, 0.1) is 11.6 Å². The second-order valence-corrected chi connectivity index (χ2v) is 6.89. The minimum absolute atomic E-state index is 0. The summed E-state index contributed by atoms with van der Waals surface area (Å²) in [4.78, 5) is 5.67. The first-order chi connectivity index (χ1) is 14.1. The molecule has 0 unspecified atom stereocenters. The van der Waals surface area contributed by atoms with E-state index in [1.54, 1.807) is 0 Å². The van der Waals surface area contributed by atoms with Crippen LogP contribution in [0.1, 0.15) is 25.8 Å². The van der Waals surface area contributed by atoms with Crippen LogP contribution in [0.2, 0.25) is 0 Å². The number of aliphatic hydroxyl groups is 2. The van der Waals surface area contributed by atoms with Crippen LogP contribution in [-0.4, -0.2) is 59.9 Å². The molecule has 0 amide bonds. The summed E-state index contributed by atoms with van der Waals surface area (Å²) >= 11 is 9.08. The molecule has 8 nitrogen and oxygen atoms in total. The summed E-state index contributed by atoms with van der Waals surface area (Å²) < 4.78 is 34.4. The molecule has 0 saturated carbocycles. The van der Waals surface area contributed by atoms with Gasteiger partial charge in [-0.15, -0.1) is 12.4 Å². The van der Waals surface area contributed by atoms with Crippen molar-refractivity contribution in [3.8, 4) is 0 Å². The second kappa shape index (κ2) is 14.0. The van der Waals surface area contributed by atoms with Crippen molar-refractivity contribution in [1.82, 2.24) is 19.7 Å². The summed E-state index contributed by atoms with van der Waals surface area (Å²) in [6, 6.07) is 3.07. The minimum Gasteiger partial charge on any atom is -0.487 e. The van der Waals surface area contributed by atoms with Crippen LogP contribution in [-0.2, 0) is 16.9 Å². The Bertz CT molecular complexity index is 825. The van der Waals surface area contributed by atoms with Crippen molar-refractivity contribution in [1.29, 1.82) is 0 Å². The smallest absolute Gasteiger partial charge is 0.259 e. The number of ether oxygens (including phenoxy) is 1. The summed E-state index contributed by atoms with van der Waals surface area (Å²) in [5.41, 5.74) is 2.70. The zero-order valence-electron chi connectivity index (χ0n) is 17.1. The highest BCUT2D eigenvalue weighted by Gasteiger charge is 2.33.